The molecule has 0 amide bonds. The molecule has 0 aromatic heterocycles. The topological polar surface area (TPSA) is 52.0 Å². The van der Waals surface area contributed by atoms with Gasteiger partial charge in [-0.15, -0.1) is 0 Å². The molecule has 0 fully saturated rings. The number of halogens is 1. The summed E-state index contributed by atoms with van der Waals surface area (Å²) in [5.74, 6) is 0. The van der Waals surface area contributed by atoms with E-state index < -0.39 is 0 Å². The van der Waals surface area contributed by atoms with Crippen LogP contribution in [0.25, 0.3) is 0 Å². The SMILES string of the molecule is NCc1ccc(Br)cc1N. The van der Waals surface area contributed by atoms with E-state index in [1.807, 2.05) is 18.2 Å². The van der Waals surface area contributed by atoms with Crippen molar-refractivity contribution in [2.45, 2.75) is 6.54 Å². The Morgan fingerprint density at radius 1 is 1.40 bits per heavy atom. The van der Waals surface area contributed by atoms with E-state index in [9.17, 15) is 0 Å². The third-order valence-corrected chi connectivity index (χ3v) is 1.82. The van der Waals surface area contributed by atoms with Gasteiger partial charge >= 0.3 is 0 Å². The van der Waals surface area contributed by atoms with Crippen LogP contribution >= 0.6 is 15.9 Å². The van der Waals surface area contributed by atoms with E-state index >= 15 is 0 Å². The van der Waals surface area contributed by atoms with Crippen LogP contribution in [0.3, 0.4) is 0 Å². The number of hydrogen-bond acceptors (Lipinski definition) is 2. The molecule has 0 radical (unpaired) electrons. The van der Waals surface area contributed by atoms with Crippen LogP contribution in [0.1, 0.15) is 5.56 Å². The maximum absolute atomic E-state index is 5.62. The first-order valence-corrected chi connectivity index (χ1v) is 3.77. The van der Waals surface area contributed by atoms with E-state index in [0.29, 0.717) is 6.54 Å². The van der Waals surface area contributed by atoms with Crippen LogP contribution in [0.2, 0.25) is 0 Å². The summed E-state index contributed by atoms with van der Waals surface area (Å²) in [6, 6.07) is 5.69. The van der Waals surface area contributed by atoms with Crippen molar-refractivity contribution in [1.29, 1.82) is 0 Å². The fourth-order valence-corrected chi connectivity index (χ4v) is 1.13. The predicted molar refractivity (Wildman–Crippen MR) is 46.4 cm³/mol. The highest BCUT2D eigenvalue weighted by Gasteiger charge is 1.95. The summed E-state index contributed by atoms with van der Waals surface area (Å²) in [6.45, 7) is 0.499. The molecule has 0 aliphatic rings. The Bertz CT molecular complexity index is 235. The first kappa shape index (κ1) is 7.57. The lowest BCUT2D eigenvalue weighted by Gasteiger charge is -2.01. The maximum atomic E-state index is 5.62. The van der Waals surface area contributed by atoms with Crippen molar-refractivity contribution in [3.8, 4) is 0 Å². The molecule has 3 heteroatoms. The number of benzene rings is 1. The summed E-state index contributed by atoms with van der Waals surface area (Å²) in [7, 11) is 0. The molecule has 0 atom stereocenters. The molecule has 0 bridgehead atoms. The molecule has 1 aromatic rings. The highest BCUT2D eigenvalue weighted by atomic mass is 79.9. The highest BCUT2D eigenvalue weighted by Crippen LogP contribution is 2.17. The van der Waals surface area contributed by atoms with Gasteiger partial charge in [0.15, 0.2) is 0 Å². The van der Waals surface area contributed by atoms with Crippen molar-refractivity contribution in [2.24, 2.45) is 5.73 Å². The zero-order valence-electron chi connectivity index (χ0n) is 5.47. The van der Waals surface area contributed by atoms with E-state index in [1.54, 1.807) is 0 Å². The Labute approximate surface area is 68.3 Å². The molecule has 0 spiro atoms. The third-order valence-electron chi connectivity index (χ3n) is 1.33. The average Bonchev–Trinajstić information content (AvgIpc) is 1.88. The Morgan fingerprint density at radius 2 is 2.10 bits per heavy atom. The molecule has 0 saturated carbocycles. The van der Waals surface area contributed by atoms with Crippen LogP contribution < -0.4 is 11.5 Å². The largest absolute Gasteiger partial charge is 0.398 e. The van der Waals surface area contributed by atoms with Gasteiger partial charge in [0.1, 0.15) is 0 Å². The van der Waals surface area contributed by atoms with Crippen molar-refractivity contribution in [2.75, 3.05) is 5.73 Å². The average molecular weight is 201 g/mol. The Morgan fingerprint density at radius 3 is 2.60 bits per heavy atom. The number of rotatable bonds is 1. The van der Waals surface area contributed by atoms with Gasteiger partial charge in [0.25, 0.3) is 0 Å². The van der Waals surface area contributed by atoms with Gasteiger partial charge in [0.2, 0.25) is 0 Å². The first-order chi connectivity index (χ1) is 4.74. The molecule has 0 saturated heterocycles. The van der Waals surface area contributed by atoms with Crippen LogP contribution in [0, 0.1) is 0 Å². The van der Waals surface area contributed by atoms with Gasteiger partial charge < -0.3 is 11.5 Å². The van der Waals surface area contributed by atoms with E-state index in [1.165, 1.54) is 0 Å². The minimum absolute atomic E-state index is 0.499. The van der Waals surface area contributed by atoms with E-state index in [0.717, 1.165) is 15.7 Å². The zero-order valence-corrected chi connectivity index (χ0v) is 7.06. The minimum Gasteiger partial charge on any atom is -0.398 e. The number of nitrogen functional groups attached to an aromatic ring is 1. The lowest BCUT2D eigenvalue weighted by molar-refractivity contribution is 1.07. The molecule has 1 aromatic carbocycles. The van der Waals surface area contributed by atoms with Crippen molar-refractivity contribution in [3.05, 3.63) is 28.2 Å². The lowest BCUT2D eigenvalue weighted by atomic mass is 10.2. The van der Waals surface area contributed by atoms with Crippen LogP contribution in [0.4, 0.5) is 5.69 Å². The van der Waals surface area contributed by atoms with Crippen molar-refractivity contribution >= 4 is 21.6 Å². The minimum atomic E-state index is 0.499. The second kappa shape index (κ2) is 3.03. The van der Waals surface area contributed by atoms with Crippen molar-refractivity contribution in [3.63, 3.8) is 0 Å². The second-order valence-electron chi connectivity index (χ2n) is 2.05. The van der Waals surface area contributed by atoms with Crippen LogP contribution in [-0.2, 0) is 6.54 Å². The van der Waals surface area contributed by atoms with E-state index in [4.69, 9.17) is 11.5 Å². The summed E-state index contributed by atoms with van der Waals surface area (Å²) in [4.78, 5) is 0. The molecule has 0 aliphatic carbocycles. The Kier molecular flexibility index (Phi) is 2.29. The Balaban J connectivity index is 3.07. The van der Waals surface area contributed by atoms with Crippen molar-refractivity contribution < 1.29 is 0 Å². The smallest absolute Gasteiger partial charge is 0.0370 e. The lowest BCUT2D eigenvalue weighted by Crippen LogP contribution is -2.00. The normalized spacial score (nSPS) is 9.80. The quantitative estimate of drug-likeness (QED) is 0.676. The molecule has 0 heterocycles. The van der Waals surface area contributed by atoms with Gasteiger partial charge in [-0.25, -0.2) is 0 Å². The maximum Gasteiger partial charge on any atom is 0.0370 e. The molecule has 1 rings (SSSR count). The number of anilines is 1. The van der Waals surface area contributed by atoms with E-state index in [-0.39, 0.29) is 0 Å². The van der Waals surface area contributed by atoms with Crippen LogP contribution in [-0.4, -0.2) is 0 Å². The van der Waals surface area contributed by atoms with Crippen molar-refractivity contribution in [1.82, 2.24) is 0 Å². The van der Waals surface area contributed by atoms with Gasteiger partial charge in [0, 0.05) is 16.7 Å². The number of hydrogen-bond donors (Lipinski definition) is 2. The van der Waals surface area contributed by atoms with Gasteiger partial charge in [-0.2, -0.15) is 0 Å². The predicted octanol–water partition coefficient (Wildman–Crippen LogP) is 1.49. The van der Waals surface area contributed by atoms with Gasteiger partial charge in [-0.1, -0.05) is 22.0 Å². The summed E-state index contributed by atoms with van der Waals surface area (Å²) in [6.07, 6.45) is 0. The first-order valence-electron chi connectivity index (χ1n) is 2.98. The molecule has 4 N–H and O–H groups in total. The summed E-state index contributed by atoms with van der Waals surface area (Å²) in [5.41, 5.74) is 12.8. The fourth-order valence-electron chi connectivity index (χ4n) is 0.752. The summed E-state index contributed by atoms with van der Waals surface area (Å²) < 4.78 is 0.988. The highest BCUT2D eigenvalue weighted by molar-refractivity contribution is 9.10. The molecule has 0 unspecified atom stereocenters. The van der Waals surface area contributed by atoms with Gasteiger partial charge in [-0.3, -0.25) is 0 Å². The monoisotopic (exact) mass is 200 g/mol. The third kappa shape index (κ3) is 1.49. The van der Waals surface area contributed by atoms with Crippen LogP contribution in [0.5, 0.6) is 0 Å². The standard InChI is InChI=1S/C7H9BrN2/c8-6-2-1-5(4-9)7(10)3-6/h1-3H,4,9-10H2. The second-order valence-corrected chi connectivity index (χ2v) is 2.96. The molecule has 0 aliphatic heterocycles. The van der Waals surface area contributed by atoms with E-state index in [2.05, 4.69) is 15.9 Å². The van der Waals surface area contributed by atoms with Gasteiger partial charge in [-0.05, 0) is 17.7 Å². The van der Waals surface area contributed by atoms with Gasteiger partial charge in [0.05, 0.1) is 0 Å². The fraction of sp³-hybridized carbons (Fsp3) is 0.143. The molecule has 54 valence electrons. The van der Waals surface area contributed by atoms with Crippen LogP contribution in [0.15, 0.2) is 22.7 Å². The zero-order chi connectivity index (χ0) is 7.56. The number of nitrogens with two attached hydrogens (primary N) is 2. The molecule has 2 nitrogen and oxygen atoms in total. The summed E-state index contributed by atoms with van der Waals surface area (Å²) in [5, 5.41) is 0. The molecular weight excluding hydrogens is 192 g/mol. The summed E-state index contributed by atoms with van der Waals surface area (Å²) >= 11 is 3.30. The molecular formula is C7H9BrN2. The Hall–Kier alpha value is -0.540. The molecule has 10 heavy (non-hydrogen) atoms.